The SMILES string of the molecule is c1ccc2c(c1)Oc1cccc3c1B2n1c2ccccc2c2c4c5c(c-3c21)c1ccccc1n5B1c2ccccc2Oc2cccc-4c21. The Balaban J connectivity index is 1.35. The minimum absolute atomic E-state index is 0.00899. The van der Waals surface area contributed by atoms with E-state index in [1.54, 1.807) is 0 Å². The summed E-state index contributed by atoms with van der Waals surface area (Å²) in [6, 6.07) is 48.4. The maximum atomic E-state index is 6.69. The Morgan fingerprint density at radius 1 is 0.396 bits per heavy atom. The van der Waals surface area contributed by atoms with Crippen molar-refractivity contribution >= 4 is 79.2 Å². The van der Waals surface area contributed by atoms with Crippen LogP contribution in [0.3, 0.4) is 0 Å². The minimum atomic E-state index is -0.00899. The van der Waals surface area contributed by atoms with Gasteiger partial charge in [0.15, 0.2) is 0 Å². The molecule has 0 fully saturated rings. The summed E-state index contributed by atoms with van der Waals surface area (Å²) in [6.45, 7) is -0.0180. The van der Waals surface area contributed by atoms with E-state index in [1.165, 1.54) is 87.7 Å². The van der Waals surface area contributed by atoms with Crippen molar-refractivity contribution < 1.29 is 9.47 Å². The second-order valence-electron chi connectivity index (χ2n) is 13.5. The van der Waals surface area contributed by atoms with Crippen LogP contribution in [0.15, 0.2) is 133 Å². The Hall–Kier alpha value is -6.13. The second kappa shape index (κ2) is 8.04. The Kier molecular flexibility index (Phi) is 4.04. The largest absolute Gasteiger partial charge is 0.458 e. The predicted octanol–water partition coefficient (Wildman–Crippen LogP) is 7.38. The summed E-state index contributed by atoms with van der Waals surface area (Å²) >= 11 is 0. The highest BCUT2D eigenvalue weighted by atomic mass is 16.5. The Bertz CT molecular complexity index is 2790. The van der Waals surface area contributed by atoms with Gasteiger partial charge in [0.25, 0.3) is 0 Å². The Morgan fingerprint density at radius 2 is 0.812 bits per heavy atom. The quantitative estimate of drug-likeness (QED) is 0.168. The summed E-state index contributed by atoms with van der Waals surface area (Å²) < 4.78 is 18.6. The van der Waals surface area contributed by atoms with Gasteiger partial charge in [-0.1, -0.05) is 97.1 Å². The smallest absolute Gasteiger partial charge is 0.336 e. The average molecular weight is 608 g/mol. The zero-order valence-corrected chi connectivity index (χ0v) is 25.6. The summed E-state index contributed by atoms with van der Waals surface area (Å²) in [7, 11) is 0. The van der Waals surface area contributed by atoms with Crippen LogP contribution in [0.25, 0.3) is 65.9 Å². The zero-order chi connectivity index (χ0) is 30.8. The third kappa shape index (κ3) is 2.54. The highest BCUT2D eigenvalue weighted by Crippen LogP contribution is 2.54. The van der Waals surface area contributed by atoms with Gasteiger partial charge in [0.05, 0.1) is 0 Å². The maximum absolute atomic E-state index is 6.69. The molecule has 0 saturated heterocycles. The Labute approximate surface area is 275 Å². The van der Waals surface area contributed by atoms with Crippen LogP contribution in [0.1, 0.15) is 0 Å². The molecule has 0 unspecified atom stereocenters. The van der Waals surface area contributed by atoms with Gasteiger partial charge in [0, 0.05) is 65.7 Å². The van der Waals surface area contributed by atoms with Crippen molar-refractivity contribution in [2.45, 2.75) is 0 Å². The van der Waals surface area contributed by atoms with Crippen molar-refractivity contribution in [2.75, 3.05) is 0 Å². The lowest BCUT2D eigenvalue weighted by Crippen LogP contribution is -2.54. The van der Waals surface area contributed by atoms with Crippen LogP contribution in [0.2, 0.25) is 0 Å². The molecule has 9 aromatic rings. The van der Waals surface area contributed by atoms with Gasteiger partial charge in [-0.3, -0.25) is 0 Å². The first-order chi connectivity index (χ1) is 23.9. The lowest BCUT2D eigenvalue weighted by Gasteiger charge is -2.36. The van der Waals surface area contributed by atoms with Gasteiger partial charge in [-0.25, -0.2) is 0 Å². The molecule has 6 heteroatoms. The van der Waals surface area contributed by atoms with E-state index in [0.29, 0.717) is 0 Å². The number of nitrogens with zero attached hydrogens (tertiary/aromatic N) is 2. The molecule has 0 spiro atoms. The number of hydrogen-bond donors (Lipinski definition) is 0. The van der Waals surface area contributed by atoms with Gasteiger partial charge in [-0.05, 0) is 58.5 Å². The van der Waals surface area contributed by atoms with E-state index in [1.807, 2.05) is 0 Å². The van der Waals surface area contributed by atoms with Crippen molar-refractivity contribution in [3.05, 3.63) is 133 Å². The van der Waals surface area contributed by atoms with Gasteiger partial charge >= 0.3 is 13.7 Å². The van der Waals surface area contributed by atoms with Crippen LogP contribution in [-0.4, -0.2) is 22.7 Å². The second-order valence-corrected chi connectivity index (χ2v) is 13.5. The fourth-order valence-electron chi connectivity index (χ4n) is 9.77. The number of rotatable bonds is 0. The van der Waals surface area contributed by atoms with Crippen LogP contribution in [0.4, 0.5) is 0 Å². The first kappa shape index (κ1) is 24.1. The van der Waals surface area contributed by atoms with Crippen LogP contribution in [-0.2, 0) is 0 Å². The summed E-state index contributed by atoms with van der Waals surface area (Å²) in [5.74, 6) is 3.73. The van der Waals surface area contributed by atoms with E-state index in [-0.39, 0.29) is 13.7 Å². The third-order valence-electron chi connectivity index (χ3n) is 11.4. The molecule has 0 amide bonds. The molecule has 48 heavy (non-hydrogen) atoms. The molecule has 7 aromatic carbocycles. The minimum Gasteiger partial charge on any atom is -0.458 e. The number of para-hydroxylation sites is 4. The zero-order valence-electron chi connectivity index (χ0n) is 25.6. The molecule has 4 aliphatic rings. The molecular formula is C42H22B2N2O2. The van der Waals surface area contributed by atoms with Crippen LogP contribution < -0.4 is 31.3 Å². The first-order valence-electron chi connectivity index (χ1n) is 16.7. The molecule has 0 saturated carbocycles. The number of benzene rings is 7. The fraction of sp³-hybridized carbons (Fsp3) is 0. The average Bonchev–Trinajstić information content (AvgIpc) is 3.66. The van der Waals surface area contributed by atoms with E-state index >= 15 is 0 Å². The van der Waals surface area contributed by atoms with Crippen LogP contribution in [0, 0.1) is 0 Å². The van der Waals surface area contributed by atoms with Crippen molar-refractivity contribution in [1.82, 2.24) is 8.96 Å². The molecule has 6 heterocycles. The highest BCUT2D eigenvalue weighted by molar-refractivity contribution is 6.90. The first-order valence-corrected chi connectivity index (χ1v) is 16.7. The standard InChI is InChI=1S/C42H22B2N2O2/c1-5-17-29-23(11-1)35-37-25-13-9-21-33-39(25)44(28-16-4-8-20-32(28)48-33)46-30-18-6-2-12-24(30)36(42(37)46)38-26-14-10-22-34-40(26)43(45(29)41(35)38)27-15-3-7-19-31(27)47-34/h1-22H. The van der Waals surface area contributed by atoms with E-state index in [2.05, 4.69) is 142 Å². The van der Waals surface area contributed by atoms with Crippen LogP contribution in [0.5, 0.6) is 23.0 Å². The van der Waals surface area contributed by atoms with Gasteiger partial charge in [-0.2, -0.15) is 0 Å². The molecule has 0 N–H and O–H groups in total. The summed E-state index contributed by atoms with van der Waals surface area (Å²) in [4.78, 5) is 0. The monoisotopic (exact) mass is 608 g/mol. The van der Waals surface area contributed by atoms with Gasteiger partial charge in [0.1, 0.15) is 23.0 Å². The molecule has 4 aliphatic heterocycles. The molecule has 13 rings (SSSR count). The molecule has 4 nitrogen and oxygen atoms in total. The topological polar surface area (TPSA) is 28.3 Å². The molecular weight excluding hydrogens is 586 g/mol. The number of fused-ring (bicyclic) bond motifs is 16. The van der Waals surface area contributed by atoms with Crippen molar-refractivity contribution in [1.29, 1.82) is 0 Å². The van der Waals surface area contributed by atoms with E-state index in [9.17, 15) is 0 Å². The Morgan fingerprint density at radius 3 is 1.31 bits per heavy atom. The van der Waals surface area contributed by atoms with Crippen molar-refractivity contribution in [2.24, 2.45) is 0 Å². The molecule has 0 aliphatic carbocycles. The normalized spacial score (nSPS) is 14.1. The fourth-order valence-corrected chi connectivity index (χ4v) is 9.77. The van der Waals surface area contributed by atoms with E-state index in [4.69, 9.17) is 9.47 Å². The van der Waals surface area contributed by atoms with Crippen LogP contribution >= 0.6 is 0 Å². The van der Waals surface area contributed by atoms with Crippen molar-refractivity contribution in [3.63, 3.8) is 0 Å². The molecule has 218 valence electrons. The molecule has 0 bridgehead atoms. The van der Waals surface area contributed by atoms with Gasteiger partial charge in [-0.15, -0.1) is 0 Å². The number of aromatic nitrogens is 2. The maximum Gasteiger partial charge on any atom is 0.336 e. The predicted molar refractivity (Wildman–Crippen MR) is 197 cm³/mol. The van der Waals surface area contributed by atoms with Crippen molar-refractivity contribution in [3.8, 4) is 45.3 Å². The molecule has 2 aromatic heterocycles. The lowest BCUT2D eigenvalue weighted by molar-refractivity contribution is 0.486. The number of ether oxygens (including phenoxy) is 2. The summed E-state index contributed by atoms with van der Waals surface area (Å²) in [5.41, 5.74) is 15.1. The number of hydrogen-bond acceptors (Lipinski definition) is 2. The van der Waals surface area contributed by atoms with E-state index in [0.717, 1.165) is 23.0 Å². The lowest BCUT2D eigenvalue weighted by atomic mass is 9.45. The van der Waals surface area contributed by atoms with Gasteiger partial charge in [0.2, 0.25) is 0 Å². The molecule has 0 atom stereocenters. The van der Waals surface area contributed by atoms with E-state index < -0.39 is 0 Å². The molecule has 0 radical (unpaired) electrons. The van der Waals surface area contributed by atoms with Gasteiger partial charge < -0.3 is 18.4 Å². The highest BCUT2D eigenvalue weighted by Gasteiger charge is 2.46. The third-order valence-corrected chi connectivity index (χ3v) is 11.4. The summed E-state index contributed by atoms with van der Waals surface area (Å²) in [5, 5.41) is 5.16. The summed E-state index contributed by atoms with van der Waals surface area (Å²) in [6.07, 6.45) is 0.